The van der Waals surface area contributed by atoms with Gasteiger partial charge in [0.25, 0.3) is 0 Å². The van der Waals surface area contributed by atoms with Crippen molar-refractivity contribution in [2.45, 2.75) is 6.42 Å². The molecule has 0 unspecified atom stereocenters. The highest BCUT2D eigenvalue weighted by atomic mass is 35.5. The molecule has 0 N–H and O–H groups in total. The normalized spacial score (nSPS) is 9.64. The van der Waals surface area contributed by atoms with E-state index in [1.54, 1.807) is 0 Å². The van der Waals surface area contributed by atoms with Crippen molar-refractivity contribution in [3.8, 4) is 0 Å². The third kappa shape index (κ3) is 2.44. The van der Waals surface area contributed by atoms with Crippen LogP contribution in [0.5, 0.6) is 0 Å². The van der Waals surface area contributed by atoms with Gasteiger partial charge in [0.1, 0.15) is 22.4 Å². The lowest BCUT2D eigenvalue weighted by Gasteiger charge is -1.94. The predicted octanol–water partition coefficient (Wildman–Crippen LogP) is 1.52. The standard InChI is InChI=1S/C6H4Cl2N2O/c7-4-3-5(8)10-6(9-4)1-2-11/h2-3H,1H2. The smallest absolute Gasteiger partial charge is 0.138 e. The molecule has 3 nitrogen and oxygen atoms in total. The van der Waals surface area contributed by atoms with E-state index >= 15 is 0 Å². The number of nitrogens with zero attached hydrogens (tertiary/aromatic N) is 2. The maximum atomic E-state index is 10.0. The second kappa shape index (κ2) is 3.64. The maximum absolute atomic E-state index is 10.0. The molecule has 0 saturated carbocycles. The average molecular weight is 191 g/mol. The number of rotatable bonds is 2. The van der Waals surface area contributed by atoms with Gasteiger partial charge in [-0.2, -0.15) is 0 Å². The first-order chi connectivity index (χ1) is 5.22. The second-order valence-corrected chi connectivity index (χ2v) is 2.57. The van der Waals surface area contributed by atoms with Crippen molar-refractivity contribution >= 4 is 29.5 Å². The molecule has 0 atom stereocenters. The number of halogens is 2. The van der Waals surface area contributed by atoms with Crippen molar-refractivity contribution in [2.24, 2.45) is 0 Å². The van der Waals surface area contributed by atoms with E-state index in [1.807, 2.05) is 0 Å². The molecular formula is C6H4Cl2N2O. The van der Waals surface area contributed by atoms with Crippen LogP contribution in [-0.2, 0) is 11.2 Å². The van der Waals surface area contributed by atoms with Gasteiger partial charge in [-0.15, -0.1) is 0 Å². The largest absolute Gasteiger partial charge is 0.303 e. The molecule has 0 aliphatic rings. The topological polar surface area (TPSA) is 42.9 Å². The molecule has 11 heavy (non-hydrogen) atoms. The maximum Gasteiger partial charge on any atom is 0.138 e. The van der Waals surface area contributed by atoms with Crippen LogP contribution in [0.25, 0.3) is 0 Å². The Hall–Kier alpha value is -0.670. The van der Waals surface area contributed by atoms with Crippen molar-refractivity contribution < 1.29 is 4.79 Å². The van der Waals surface area contributed by atoms with E-state index in [9.17, 15) is 4.79 Å². The number of carbonyl (C=O) groups is 1. The fourth-order valence-corrected chi connectivity index (χ4v) is 1.06. The summed E-state index contributed by atoms with van der Waals surface area (Å²) in [5.74, 6) is 0.345. The van der Waals surface area contributed by atoms with Gasteiger partial charge < -0.3 is 4.79 Å². The lowest BCUT2D eigenvalue weighted by Crippen LogP contribution is -1.95. The molecular weight excluding hydrogens is 187 g/mol. The summed E-state index contributed by atoms with van der Waals surface area (Å²) in [5.41, 5.74) is 0. The molecule has 0 spiro atoms. The molecule has 1 heterocycles. The summed E-state index contributed by atoms with van der Waals surface area (Å²) in [7, 11) is 0. The minimum absolute atomic E-state index is 0.139. The third-order valence-electron chi connectivity index (χ3n) is 0.976. The van der Waals surface area contributed by atoms with E-state index in [-0.39, 0.29) is 16.7 Å². The summed E-state index contributed by atoms with van der Waals surface area (Å²) < 4.78 is 0. The summed E-state index contributed by atoms with van der Waals surface area (Å²) in [6.07, 6.45) is 0.836. The van der Waals surface area contributed by atoms with Gasteiger partial charge >= 0.3 is 0 Å². The van der Waals surface area contributed by atoms with Gasteiger partial charge in [0.15, 0.2) is 0 Å². The van der Waals surface area contributed by atoms with Crippen LogP contribution < -0.4 is 0 Å². The van der Waals surface area contributed by atoms with E-state index in [4.69, 9.17) is 23.2 Å². The number of aromatic nitrogens is 2. The minimum Gasteiger partial charge on any atom is -0.303 e. The van der Waals surface area contributed by atoms with E-state index < -0.39 is 0 Å². The molecule has 58 valence electrons. The molecule has 0 aliphatic carbocycles. The van der Waals surface area contributed by atoms with Crippen molar-refractivity contribution in [3.63, 3.8) is 0 Å². The molecule has 0 bridgehead atoms. The second-order valence-electron chi connectivity index (χ2n) is 1.80. The minimum atomic E-state index is 0.139. The molecule has 0 radical (unpaired) electrons. The Labute approximate surface area is 73.4 Å². The molecule has 0 saturated heterocycles. The first-order valence-electron chi connectivity index (χ1n) is 2.85. The molecule has 0 aliphatic heterocycles. The number of hydrogen-bond acceptors (Lipinski definition) is 3. The monoisotopic (exact) mass is 190 g/mol. The fraction of sp³-hybridized carbons (Fsp3) is 0.167. The summed E-state index contributed by atoms with van der Waals surface area (Å²) >= 11 is 11.1. The van der Waals surface area contributed by atoms with Crippen LogP contribution in [0.15, 0.2) is 6.07 Å². The van der Waals surface area contributed by atoms with Gasteiger partial charge in [-0.25, -0.2) is 9.97 Å². The van der Waals surface area contributed by atoms with Crippen LogP contribution in [0, 0.1) is 0 Å². The molecule has 1 rings (SSSR count). The van der Waals surface area contributed by atoms with Crippen LogP contribution in [0.2, 0.25) is 10.3 Å². The predicted molar refractivity (Wildman–Crippen MR) is 41.8 cm³/mol. The van der Waals surface area contributed by atoms with E-state index in [0.29, 0.717) is 12.1 Å². The van der Waals surface area contributed by atoms with Crippen molar-refractivity contribution in [1.29, 1.82) is 0 Å². The molecule has 1 aromatic heterocycles. The molecule has 0 fully saturated rings. The summed E-state index contributed by atoms with van der Waals surface area (Å²) in [4.78, 5) is 17.6. The zero-order valence-electron chi connectivity index (χ0n) is 5.42. The lowest BCUT2D eigenvalue weighted by atomic mass is 10.4. The van der Waals surface area contributed by atoms with Crippen LogP contribution in [0.4, 0.5) is 0 Å². The molecule has 5 heteroatoms. The lowest BCUT2D eigenvalue weighted by molar-refractivity contribution is -0.107. The Kier molecular flexibility index (Phi) is 2.79. The summed E-state index contributed by atoms with van der Waals surface area (Å²) in [6, 6.07) is 1.41. The Morgan fingerprint density at radius 2 is 1.91 bits per heavy atom. The van der Waals surface area contributed by atoms with Crippen LogP contribution in [-0.4, -0.2) is 16.3 Å². The molecule has 0 amide bonds. The van der Waals surface area contributed by atoms with Gasteiger partial charge in [-0.1, -0.05) is 23.2 Å². The highest BCUT2D eigenvalue weighted by Crippen LogP contribution is 2.11. The van der Waals surface area contributed by atoms with Gasteiger partial charge in [-0.05, 0) is 0 Å². The average Bonchev–Trinajstić information content (AvgIpc) is 1.85. The Morgan fingerprint density at radius 1 is 1.36 bits per heavy atom. The van der Waals surface area contributed by atoms with Crippen LogP contribution in [0.3, 0.4) is 0 Å². The number of aldehydes is 1. The quantitative estimate of drug-likeness (QED) is 0.525. The first-order valence-corrected chi connectivity index (χ1v) is 3.60. The van der Waals surface area contributed by atoms with Gasteiger partial charge in [0.2, 0.25) is 0 Å². The number of hydrogen-bond donors (Lipinski definition) is 0. The van der Waals surface area contributed by atoms with Gasteiger partial charge in [0, 0.05) is 6.07 Å². The fourth-order valence-electron chi connectivity index (χ4n) is 0.600. The highest BCUT2D eigenvalue weighted by Gasteiger charge is 1.99. The molecule has 0 aromatic carbocycles. The Morgan fingerprint density at radius 3 is 2.36 bits per heavy atom. The van der Waals surface area contributed by atoms with Crippen molar-refractivity contribution in [2.75, 3.05) is 0 Å². The van der Waals surface area contributed by atoms with Gasteiger partial charge in [-0.3, -0.25) is 0 Å². The van der Waals surface area contributed by atoms with E-state index in [1.165, 1.54) is 6.07 Å². The van der Waals surface area contributed by atoms with Crippen molar-refractivity contribution in [1.82, 2.24) is 9.97 Å². The van der Waals surface area contributed by atoms with E-state index in [0.717, 1.165) is 0 Å². The molecule has 1 aromatic rings. The highest BCUT2D eigenvalue weighted by molar-refractivity contribution is 6.33. The van der Waals surface area contributed by atoms with Crippen LogP contribution >= 0.6 is 23.2 Å². The Bertz CT molecular complexity index is 257. The van der Waals surface area contributed by atoms with Gasteiger partial charge in [0.05, 0.1) is 6.42 Å². The zero-order chi connectivity index (χ0) is 8.27. The summed E-state index contributed by atoms with van der Waals surface area (Å²) in [6.45, 7) is 0. The summed E-state index contributed by atoms with van der Waals surface area (Å²) in [5, 5.41) is 0.503. The van der Waals surface area contributed by atoms with Crippen molar-refractivity contribution in [3.05, 3.63) is 22.2 Å². The number of carbonyl (C=O) groups excluding carboxylic acids is 1. The Balaban J connectivity index is 2.98. The SMILES string of the molecule is O=CCc1nc(Cl)cc(Cl)n1. The third-order valence-corrected chi connectivity index (χ3v) is 1.36. The van der Waals surface area contributed by atoms with Crippen LogP contribution in [0.1, 0.15) is 5.82 Å². The van der Waals surface area contributed by atoms with E-state index in [2.05, 4.69) is 9.97 Å². The first kappa shape index (κ1) is 8.43. The zero-order valence-corrected chi connectivity index (χ0v) is 6.93.